The summed E-state index contributed by atoms with van der Waals surface area (Å²) >= 11 is 3.06. The second-order valence-corrected chi connectivity index (χ2v) is 7.36. The fraction of sp³-hybridized carbons (Fsp3) is 0.923. The second kappa shape index (κ2) is 4.07. The van der Waals surface area contributed by atoms with Gasteiger partial charge in [0.25, 0.3) is 0 Å². The van der Waals surface area contributed by atoms with Crippen molar-refractivity contribution in [2.75, 3.05) is 6.61 Å². The monoisotopic (exact) mass is 292 g/mol. The number of alkyl halides is 2. The maximum absolute atomic E-state index is 12.7. The quantitative estimate of drug-likeness (QED) is 0.620. The molecule has 4 aliphatic rings. The maximum Gasteiger partial charge on any atom is 0.324 e. The van der Waals surface area contributed by atoms with Gasteiger partial charge in [0, 0.05) is 0 Å². The Labute approximate surface area is 116 Å². The lowest BCUT2D eigenvalue weighted by Crippen LogP contribution is -2.58. The van der Waals surface area contributed by atoms with E-state index in [1.54, 1.807) is 0 Å². The summed E-state index contributed by atoms with van der Waals surface area (Å²) in [6.45, 7) is -0.996. The Balaban J connectivity index is 1.74. The van der Waals surface area contributed by atoms with Crippen LogP contribution in [-0.4, -0.2) is 28.5 Å². The third kappa shape index (κ3) is 2.49. The molecule has 19 heavy (non-hydrogen) atoms. The summed E-state index contributed by atoms with van der Waals surface area (Å²) in [4.78, 5) is 12.2. The first kappa shape index (κ1) is 13.6. The Morgan fingerprint density at radius 2 is 1.89 bits per heavy atom. The molecule has 4 bridgehead atoms. The molecule has 0 aliphatic heterocycles. The third-order valence-corrected chi connectivity index (χ3v) is 4.97. The van der Waals surface area contributed by atoms with Crippen molar-refractivity contribution in [2.24, 2.45) is 17.3 Å². The van der Waals surface area contributed by atoms with Gasteiger partial charge >= 0.3 is 11.2 Å². The SMILES string of the molecule is O=C(OCC(F)(F)S)C12CC3CC(CC(O)(C3)C1)C2. The fourth-order valence-corrected chi connectivity index (χ4v) is 4.82. The van der Waals surface area contributed by atoms with Crippen molar-refractivity contribution < 1.29 is 23.4 Å². The Kier molecular flexibility index (Phi) is 2.92. The number of carbonyl (C=O) groups excluding carboxylic acids is 1. The van der Waals surface area contributed by atoms with Crippen molar-refractivity contribution in [1.29, 1.82) is 0 Å². The lowest BCUT2D eigenvalue weighted by Gasteiger charge is -2.58. The molecule has 0 aromatic carbocycles. The zero-order valence-electron chi connectivity index (χ0n) is 10.6. The van der Waals surface area contributed by atoms with Gasteiger partial charge in [-0.05, 0) is 50.4 Å². The average molecular weight is 292 g/mol. The largest absolute Gasteiger partial charge is 0.458 e. The number of aliphatic hydroxyl groups is 1. The summed E-state index contributed by atoms with van der Waals surface area (Å²) in [5.74, 6) is 0.0828. The van der Waals surface area contributed by atoms with Gasteiger partial charge < -0.3 is 9.84 Å². The minimum absolute atomic E-state index is 0.329. The average Bonchev–Trinajstić information content (AvgIpc) is 2.21. The van der Waals surface area contributed by atoms with E-state index < -0.39 is 28.8 Å². The first-order valence-corrected chi connectivity index (χ1v) is 7.14. The molecule has 6 heteroatoms. The highest BCUT2D eigenvalue weighted by molar-refractivity contribution is 7.81. The summed E-state index contributed by atoms with van der Waals surface area (Å²) in [5.41, 5.74) is -1.52. The molecule has 0 heterocycles. The molecule has 0 amide bonds. The van der Waals surface area contributed by atoms with Crippen LogP contribution in [0.15, 0.2) is 0 Å². The molecule has 4 saturated carbocycles. The van der Waals surface area contributed by atoms with Crippen LogP contribution >= 0.6 is 12.6 Å². The smallest absolute Gasteiger partial charge is 0.324 e. The fourth-order valence-electron chi connectivity index (χ4n) is 4.76. The molecule has 1 N–H and O–H groups in total. The zero-order chi connectivity index (χ0) is 13.9. The van der Waals surface area contributed by atoms with Gasteiger partial charge in [0.05, 0.1) is 11.0 Å². The van der Waals surface area contributed by atoms with Gasteiger partial charge in [-0.2, -0.15) is 8.78 Å². The van der Waals surface area contributed by atoms with Crippen LogP contribution in [0.3, 0.4) is 0 Å². The Hall–Kier alpha value is -0.360. The summed E-state index contributed by atoms with van der Waals surface area (Å²) < 4.78 is 30.1. The number of hydrogen-bond donors (Lipinski definition) is 2. The van der Waals surface area contributed by atoms with E-state index in [0.29, 0.717) is 31.1 Å². The maximum atomic E-state index is 12.7. The molecule has 4 fully saturated rings. The Morgan fingerprint density at radius 1 is 1.32 bits per heavy atom. The molecule has 0 spiro atoms. The van der Waals surface area contributed by atoms with Crippen molar-refractivity contribution in [3.05, 3.63) is 0 Å². The number of carbonyl (C=O) groups is 1. The molecule has 2 unspecified atom stereocenters. The minimum atomic E-state index is -3.30. The third-order valence-electron chi connectivity index (χ3n) is 4.84. The highest BCUT2D eigenvalue weighted by Crippen LogP contribution is 2.62. The summed E-state index contributed by atoms with van der Waals surface area (Å²) in [7, 11) is 0. The van der Waals surface area contributed by atoms with Gasteiger partial charge in [-0.25, -0.2) is 0 Å². The first-order chi connectivity index (χ1) is 8.70. The lowest BCUT2D eigenvalue weighted by molar-refractivity contribution is -0.199. The van der Waals surface area contributed by atoms with Crippen LogP contribution in [0.5, 0.6) is 0 Å². The highest BCUT2D eigenvalue weighted by atomic mass is 32.1. The van der Waals surface area contributed by atoms with Gasteiger partial charge in [0.15, 0.2) is 6.61 Å². The standard InChI is InChI=1S/C13H18F2O3S/c14-13(15,19)7-18-10(16)11-2-8-1-9(3-11)5-12(17,4-8)6-11/h8-9,17,19H,1-7H2. The topological polar surface area (TPSA) is 46.5 Å². The molecule has 108 valence electrons. The predicted molar refractivity (Wildman–Crippen MR) is 67.0 cm³/mol. The van der Waals surface area contributed by atoms with E-state index in [4.69, 9.17) is 4.74 Å². The molecule has 0 aromatic heterocycles. The van der Waals surface area contributed by atoms with Gasteiger partial charge in [0.1, 0.15) is 0 Å². The number of ether oxygens (including phenoxy) is 1. The van der Waals surface area contributed by atoms with E-state index in [1.165, 1.54) is 0 Å². The van der Waals surface area contributed by atoms with E-state index in [2.05, 4.69) is 12.6 Å². The number of halogens is 2. The normalized spacial score (nSPS) is 44.4. The molecule has 4 aliphatic carbocycles. The lowest BCUT2D eigenvalue weighted by atomic mass is 9.48. The first-order valence-electron chi connectivity index (χ1n) is 6.70. The van der Waals surface area contributed by atoms with Gasteiger partial charge in [-0.15, -0.1) is 12.6 Å². The molecule has 0 aromatic rings. The van der Waals surface area contributed by atoms with Crippen LogP contribution in [0, 0.1) is 17.3 Å². The Bertz CT molecular complexity index is 393. The van der Waals surface area contributed by atoms with Crippen LogP contribution in [0.2, 0.25) is 0 Å². The van der Waals surface area contributed by atoms with E-state index >= 15 is 0 Å². The van der Waals surface area contributed by atoms with E-state index in [0.717, 1.165) is 19.3 Å². The van der Waals surface area contributed by atoms with Crippen LogP contribution in [0.4, 0.5) is 8.78 Å². The molecular formula is C13H18F2O3S. The van der Waals surface area contributed by atoms with Crippen LogP contribution in [0.25, 0.3) is 0 Å². The summed E-state index contributed by atoms with van der Waals surface area (Å²) in [5, 5.41) is 7.18. The molecule has 2 atom stereocenters. The molecular weight excluding hydrogens is 274 g/mol. The van der Waals surface area contributed by atoms with Crippen molar-refractivity contribution in [3.8, 4) is 0 Å². The van der Waals surface area contributed by atoms with Crippen LogP contribution in [-0.2, 0) is 9.53 Å². The molecule has 0 saturated heterocycles. The number of rotatable bonds is 3. The number of hydrogen-bond acceptors (Lipinski definition) is 4. The predicted octanol–water partition coefficient (Wildman–Crippen LogP) is 2.38. The van der Waals surface area contributed by atoms with Crippen LogP contribution in [0.1, 0.15) is 38.5 Å². The molecule has 3 nitrogen and oxygen atoms in total. The molecule has 0 radical (unpaired) electrons. The number of esters is 1. The Morgan fingerprint density at radius 3 is 2.37 bits per heavy atom. The van der Waals surface area contributed by atoms with Crippen LogP contribution < -0.4 is 0 Å². The van der Waals surface area contributed by atoms with E-state index in [9.17, 15) is 18.7 Å². The minimum Gasteiger partial charge on any atom is -0.458 e. The van der Waals surface area contributed by atoms with Crippen molar-refractivity contribution >= 4 is 18.6 Å². The zero-order valence-corrected chi connectivity index (χ0v) is 11.5. The molecule has 4 rings (SSSR count). The number of thiol groups is 1. The highest BCUT2D eigenvalue weighted by Gasteiger charge is 2.61. The van der Waals surface area contributed by atoms with Crippen molar-refractivity contribution in [3.63, 3.8) is 0 Å². The summed E-state index contributed by atoms with van der Waals surface area (Å²) in [6, 6.07) is 0. The van der Waals surface area contributed by atoms with E-state index in [-0.39, 0.29) is 0 Å². The van der Waals surface area contributed by atoms with Gasteiger partial charge in [0.2, 0.25) is 0 Å². The van der Waals surface area contributed by atoms with Gasteiger partial charge in [-0.1, -0.05) is 0 Å². The summed E-state index contributed by atoms with van der Waals surface area (Å²) in [6.07, 6.45) is 4.22. The second-order valence-electron chi connectivity index (χ2n) is 6.71. The van der Waals surface area contributed by atoms with E-state index in [1.807, 2.05) is 0 Å². The van der Waals surface area contributed by atoms with Gasteiger partial charge in [-0.3, -0.25) is 4.79 Å². The van der Waals surface area contributed by atoms with Crippen molar-refractivity contribution in [1.82, 2.24) is 0 Å². The van der Waals surface area contributed by atoms with Crippen molar-refractivity contribution in [2.45, 2.75) is 49.4 Å².